The van der Waals surface area contributed by atoms with Gasteiger partial charge in [-0.05, 0) is 45.1 Å². The molecule has 1 aliphatic heterocycles. The lowest BCUT2D eigenvalue weighted by atomic mass is 10.1. The van der Waals surface area contributed by atoms with Crippen molar-refractivity contribution in [3.05, 3.63) is 28.8 Å². The van der Waals surface area contributed by atoms with Crippen molar-refractivity contribution in [2.24, 2.45) is 5.73 Å². The van der Waals surface area contributed by atoms with E-state index in [9.17, 15) is 5.11 Å². The van der Waals surface area contributed by atoms with E-state index in [4.69, 9.17) is 17.3 Å². The summed E-state index contributed by atoms with van der Waals surface area (Å²) in [5, 5.41) is 10.7. The van der Waals surface area contributed by atoms with Crippen molar-refractivity contribution >= 4 is 17.3 Å². The monoisotopic (exact) mass is 297 g/mol. The third kappa shape index (κ3) is 3.44. The fourth-order valence-electron chi connectivity index (χ4n) is 2.82. The summed E-state index contributed by atoms with van der Waals surface area (Å²) in [5.74, 6) is 0. The van der Waals surface area contributed by atoms with E-state index in [1.807, 2.05) is 39.2 Å². The van der Waals surface area contributed by atoms with Crippen molar-refractivity contribution in [2.45, 2.75) is 31.5 Å². The number of nitrogens with zero attached hydrogens (tertiary/aromatic N) is 2. The molecule has 2 unspecified atom stereocenters. The number of anilines is 1. The van der Waals surface area contributed by atoms with Gasteiger partial charge in [-0.3, -0.25) is 0 Å². The van der Waals surface area contributed by atoms with E-state index in [0.717, 1.165) is 24.2 Å². The Kier molecular flexibility index (Phi) is 4.91. The van der Waals surface area contributed by atoms with Crippen LogP contribution in [0.15, 0.2) is 18.2 Å². The number of nitrogens with two attached hydrogens (primary N) is 1. The molecule has 1 aromatic carbocycles. The van der Waals surface area contributed by atoms with E-state index in [0.29, 0.717) is 17.6 Å². The minimum Gasteiger partial charge on any atom is -0.391 e. The average molecular weight is 298 g/mol. The summed E-state index contributed by atoms with van der Waals surface area (Å²) in [5.41, 5.74) is 7.90. The molecule has 112 valence electrons. The number of halogens is 1. The molecule has 1 aliphatic rings. The zero-order valence-electron chi connectivity index (χ0n) is 12.4. The van der Waals surface area contributed by atoms with Gasteiger partial charge in [-0.25, -0.2) is 0 Å². The van der Waals surface area contributed by atoms with Crippen molar-refractivity contribution in [2.75, 3.05) is 32.1 Å². The lowest BCUT2D eigenvalue weighted by Gasteiger charge is -2.29. The van der Waals surface area contributed by atoms with Gasteiger partial charge in [-0.2, -0.15) is 0 Å². The molecular formula is C15H24ClN3O. The van der Waals surface area contributed by atoms with Gasteiger partial charge in [0.15, 0.2) is 0 Å². The maximum atomic E-state index is 9.95. The molecule has 20 heavy (non-hydrogen) atoms. The number of aliphatic hydroxyl groups is 1. The molecule has 4 nitrogen and oxygen atoms in total. The highest BCUT2D eigenvalue weighted by atomic mass is 35.5. The Morgan fingerprint density at radius 1 is 1.50 bits per heavy atom. The molecule has 1 heterocycles. The first kappa shape index (κ1) is 15.6. The number of rotatable bonds is 4. The largest absolute Gasteiger partial charge is 0.391 e. The van der Waals surface area contributed by atoms with Crippen LogP contribution in [0.3, 0.4) is 0 Å². The lowest BCUT2D eigenvalue weighted by Crippen LogP contribution is -2.37. The van der Waals surface area contributed by atoms with Crippen molar-refractivity contribution in [3.63, 3.8) is 0 Å². The topological polar surface area (TPSA) is 52.7 Å². The zero-order chi connectivity index (χ0) is 14.9. The summed E-state index contributed by atoms with van der Waals surface area (Å²) in [6.07, 6.45) is 0.493. The second-order valence-corrected chi connectivity index (χ2v) is 6.36. The normalized spacial score (nSPS) is 24.4. The van der Waals surface area contributed by atoms with Crippen LogP contribution in [0, 0.1) is 0 Å². The first-order chi connectivity index (χ1) is 9.38. The Morgan fingerprint density at radius 3 is 2.75 bits per heavy atom. The van der Waals surface area contributed by atoms with Gasteiger partial charge in [0.25, 0.3) is 0 Å². The Bertz CT molecular complexity index is 464. The van der Waals surface area contributed by atoms with Gasteiger partial charge in [-0.1, -0.05) is 17.7 Å². The third-order valence-corrected chi connectivity index (χ3v) is 4.08. The number of aliphatic hydroxyl groups excluding tert-OH is 1. The van der Waals surface area contributed by atoms with Crippen molar-refractivity contribution in [1.29, 1.82) is 0 Å². The Labute approximate surface area is 126 Å². The van der Waals surface area contributed by atoms with Crippen LogP contribution in [0.2, 0.25) is 5.02 Å². The van der Waals surface area contributed by atoms with Crippen LogP contribution in [-0.4, -0.2) is 49.3 Å². The van der Waals surface area contributed by atoms with Gasteiger partial charge >= 0.3 is 0 Å². The van der Waals surface area contributed by atoms with Crippen LogP contribution in [-0.2, 0) is 0 Å². The highest BCUT2D eigenvalue weighted by Crippen LogP contribution is 2.33. The Morgan fingerprint density at radius 2 is 2.20 bits per heavy atom. The quantitative estimate of drug-likeness (QED) is 0.891. The molecule has 0 amide bonds. The van der Waals surface area contributed by atoms with E-state index < -0.39 is 0 Å². The molecule has 1 fully saturated rings. The Balaban J connectivity index is 2.25. The molecule has 2 rings (SSSR count). The molecule has 5 heteroatoms. The highest BCUT2D eigenvalue weighted by Gasteiger charge is 2.32. The summed E-state index contributed by atoms with van der Waals surface area (Å²) in [7, 11) is 4.09. The Hall–Kier alpha value is -0.810. The smallest absolute Gasteiger partial charge is 0.0735 e. The summed E-state index contributed by atoms with van der Waals surface area (Å²) in [6, 6.07) is 6.23. The SMILES string of the molecule is C[C@@H](N)c1ccc(N2CC(O)CC2CN(C)C)c(Cl)c1. The first-order valence-corrected chi connectivity index (χ1v) is 7.40. The molecule has 3 atom stereocenters. The number of benzene rings is 1. The molecule has 0 saturated carbocycles. The van der Waals surface area contributed by atoms with Crippen molar-refractivity contribution in [1.82, 2.24) is 4.90 Å². The van der Waals surface area contributed by atoms with Crippen molar-refractivity contribution < 1.29 is 5.11 Å². The molecule has 0 aromatic heterocycles. The average Bonchev–Trinajstić information content (AvgIpc) is 2.68. The summed E-state index contributed by atoms with van der Waals surface area (Å²) in [6.45, 7) is 3.48. The van der Waals surface area contributed by atoms with E-state index >= 15 is 0 Å². The van der Waals surface area contributed by atoms with Gasteiger partial charge in [0.2, 0.25) is 0 Å². The van der Waals surface area contributed by atoms with Gasteiger partial charge in [0.05, 0.1) is 16.8 Å². The van der Waals surface area contributed by atoms with Gasteiger partial charge < -0.3 is 20.6 Å². The van der Waals surface area contributed by atoms with Gasteiger partial charge in [-0.15, -0.1) is 0 Å². The van der Waals surface area contributed by atoms with Crippen LogP contribution in [0.5, 0.6) is 0 Å². The van der Waals surface area contributed by atoms with E-state index in [1.54, 1.807) is 0 Å². The van der Waals surface area contributed by atoms with E-state index in [1.165, 1.54) is 0 Å². The minimum absolute atomic E-state index is 0.0247. The summed E-state index contributed by atoms with van der Waals surface area (Å²) >= 11 is 6.41. The second-order valence-electron chi connectivity index (χ2n) is 5.96. The predicted octanol–water partition coefficient (Wildman–Crippen LogP) is 1.86. The van der Waals surface area contributed by atoms with Crippen LogP contribution in [0.4, 0.5) is 5.69 Å². The highest BCUT2D eigenvalue weighted by molar-refractivity contribution is 6.33. The number of β-amino-alcohol motifs (C(OH)–C–C–N with tert-alkyl or cyclic N) is 1. The van der Waals surface area contributed by atoms with Crippen LogP contribution in [0.1, 0.15) is 24.9 Å². The van der Waals surface area contributed by atoms with Gasteiger partial charge in [0, 0.05) is 25.2 Å². The van der Waals surface area contributed by atoms with Crippen LogP contribution >= 0.6 is 11.6 Å². The van der Waals surface area contributed by atoms with Gasteiger partial charge in [0.1, 0.15) is 0 Å². The molecule has 0 spiro atoms. The summed E-state index contributed by atoms with van der Waals surface area (Å²) in [4.78, 5) is 4.35. The molecule has 3 N–H and O–H groups in total. The molecule has 0 radical (unpaired) electrons. The maximum Gasteiger partial charge on any atom is 0.0735 e. The number of likely N-dealkylation sites (N-methyl/N-ethyl adjacent to an activating group) is 1. The predicted molar refractivity (Wildman–Crippen MR) is 84.4 cm³/mol. The zero-order valence-corrected chi connectivity index (χ0v) is 13.1. The standard InChI is InChI=1S/C15H24ClN3O/c1-10(17)11-4-5-15(14(16)6-11)19-9-13(20)7-12(19)8-18(2)3/h4-6,10,12-13,20H,7-9,17H2,1-3H3/t10-,12?,13?/m1/s1. The molecule has 0 aliphatic carbocycles. The fourth-order valence-corrected chi connectivity index (χ4v) is 3.12. The second kappa shape index (κ2) is 6.31. The molecular weight excluding hydrogens is 274 g/mol. The number of hydrogen-bond donors (Lipinski definition) is 2. The molecule has 0 bridgehead atoms. The van der Waals surface area contributed by atoms with E-state index in [-0.39, 0.29) is 12.1 Å². The first-order valence-electron chi connectivity index (χ1n) is 7.03. The van der Waals surface area contributed by atoms with Crippen molar-refractivity contribution in [3.8, 4) is 0 Å². The molecule has 1 saturated heterocycles. The van der Waals surface area contributed by atoms with Crippen LogP contribution < -0.4 is 10.6 Å². The fraction of sp³-hybridized carbons (Fsp3) is 0.600. The lowest BCUT2D eigenvalue weighted by molar-refractivity contribution is 0.191. The maximum absolute atomic E-state index is 9.95. The molecule has 1 aromatic rings. The van der Waals surface area contributed by atoms with E-state index in [2.05, 4.69) is 9.80 Å². The summed E-state index contributed by atoms with van der Waals surface area (Å²) < 4.78 is 0. The third-order valence-electron chi connectivity index (χ3n) is 3.78. The number of hydrogen-bond acceptors (Lipinski definition) is 4. The minimum atomic E-state index is -0.288. The van der Waals surface area contributed by atoms with Crippen LogP contribution in [0.25, 0.3) is 0 Å².